The lowest BCUT2D eigenvalue weighted by Crippen LogP contribution is -2.20. The number of aryl methyl sites for hydroxylation is 2. The van der Waals surface area contributed by atoms with Crippen molar-refractivity contribution in [3.05, 3.63) is 59.2 Å². The van der Waals surface area contributed by atoms with Crippen molar-refractivity contribution in [2.45, 2.75) is 13.5 Å². The van der Waals surface area contributed by atoms with Crippen LogP contribution in [0.1, 0.15) is 16.8 Å². The third-order valence-electron chi connectivity index (χ3n) is 2.87. The van der Waals surface area contributed by atoms with Crippen LogP contribution < -0.4 is 5.32 Å². The van der Waals surface area contributed by atoms with E-state index in [1.165, 1.54) is 18.2 Å². The first-order chi connectivity index (χ1) is 9.54. The fourth-order valence-electron chi connectivity index (χ4n) is 1.81. The lowest BCUT2D eigenvalue weighted by molar-refractivity contribution is -0.116. The molecule has 0 aliphatic heterocycles. The number of benzene rings is 1. The maximum Gasteiger partial charge on any atom is 0.244 e. The summed E-state index contributed by atoms with van der Waals surface area (Å²) in [7, 11) is 1.84. The van der Waals surface area contributed by atoms with E-state index in [4.69, 9.17) is 0 Å². The van der Waals surface area contributed by atoms with Gasteiger partial charge in [0.25, 0.3) is 0 Å². The number of aromatic nitrogens is 2. The van der Waals surface area contributed by atoms with E-state index < -0.39 is 0 Å². The molecule has 4 nitrogen and oxygen atoms in total. The Hall–Kier alpha value is -2.43. The maximum absolute atomic E-state index is 12.7. The molecule has 5 heteroatoms. The quantitative estimate of drug-likeness (QED) is 0.868. The van der Waals surface area contributed by atoms with Crippen molar-refractivity contribution in [1.82, 2.24) is 15.1 Å². The fraction of sp³-hybridized carbons (Fsp3) is 0.200. The average Bonchev–Trinajstić information content (AvgIpc) is 2.74. The Balaban J connectivity index is 1.89. The number of carbonyl (C=O) groups excluding carboxylic acids is 1. The molecule has 1 aromatic heterocycles. The van der Waals surface area contributed by atoms with Crippen LogP contribution in [0, 0.1) is 12.7 Å². The standard InChI is InChI=1S/C15H16FN3O/c1-11-13(10-19(2)18-11)9-17-15(20)8-5-12-3-6-14(16)7-4-12/h3-8,10H,9H2,1-2H3,(H,17,20)/b8-5+. The zero-order valence-corrected chi connectivity index (χ0v) is 11.4. The summed E-state index contributed by atoms with van der Waals surface area (Å²) < 4.78 is 14.4. The number of halogens is 1. The summed E-state index contributed by atoms with van der Waals surface area (Å²) in [6.45, 7) is 2.34. The first-order valence-electron chi connectivity index (χ1n) is 6.25. The highest BCUT2D eigenvalue weighted by Crippen LogP contribution is 2.05. The second-order valence-electron chi connectivity index (χ2n) is 4.52. The Bertz CT molecular complexity index is 629. The van der Waals surface area contributed by atoms with Crippen LogP contribution >= 0.6 is 0 Å². The molecule has 1 aromatic carbocycles. The van der Waals surface area contributed by atoms with E-state index in [2.05, 4.69) is 10.4 Å². The van der Waals surface area contributed by atoms with Crippen molar-refractivity contribution < 1.29 is 9.18 Å². The average molecular weight is 273 g/mol. The summed E-state index contributed by atoms with van der Waals surface area (Å²) in [5.74, 6) is -0.490. The molecule has 0 fully saturated rings. The Labute approximate surface area is 116 Å². The van der Waals surface area contributed by atoms with Gasteiger partial charge in [0.1, 0.15) is 5.82 Å². The number of nitrogens with zero attached hydrogens (tertiary/aromatic N) is 2. The van der Waals surface area contributed by atoms with Gasteiger partial charge in [0, 0.05) is 31.4 Å². The molecule has 0 aliphatic carbocycles. The molecule has 0 unspecified atom stereocenters. The molecule has 0 saturated carbocycles. The SMILES string of the molecule is Cc1nn(C)cc1CNC(=O)/C=C/c1ccc(F)cc1. The van der Waals surface area contributed by atoms with Gasteiger partial charge in [0.05, 0.1) is 5.69 Å². The van der Waals surface area contributed by atoms with Crippen LogP contribution in [0.3, 0.4) is 0 Å². The van der Waals surface area contributed by atoms with Crippen molar-refractivity contribution in [3.8, 4) is 0 Å². The topological polar surface area (TPSA) is 46.9 Å². The highest BCUT2D eigenvalue weighted by molar-refractivity contribution is 5.91. The van der Waals surface area contributed by atoms with Gasteiger partial charge in [0.2, 0.25) is 5.91 Å². The van der Waals surface area contributed by atoms with Crippen LogP contribution in [0.5, 0.6) is 0 Å². The minimum Gasteiger partial charge on any atom is -0.348 e. The van der Waals surface area contributed by atoms with E-state index in [0.717, 1.165) is 16.8 Å². The second-order valence-corrected chi connectivity index (χ2v) is 4.52. The molecule has 0 spiro atoms. The van der Waals surface area contributed by atoms with Crippen LogP contribution in [0.25, 0.3) is 6.08 Å². The van der Waals surface area contributed by atoms with Gasteiger partial charge in [-0.05, 0) is 30.7 Å². The normalized spacial score (nSPS) is 10.9. The van der Waals surface area contributed by atoms with Gasteiger partial charge in [-0.3, -0.25) is 9.48 Å². The molecule has 0 bridgehead atoms. The van der Waals surface area contributed by atoms with Gasteiger partial charge in [0.15, 0.2) is 0 Å². The van der Waals surface area contributed by atoms with Gasteiger partial charge in [-0.15, -0.1) is 0 Å². The zero-order chi connectivity index (χ0) is 14.5. The van der Waals surface area contributed by atoms with Crippen LogP contribution in [0.2, 0.25) is 0 Å². The van der Waals surface area contributed by atoms with E-state index in [0.29, 0.717) is 6.54 Å². The van der Waals surface area contributed by atoms with Crippen molar-refractivity contribution in [2.75, 3.05) is 0 Å². The van der Waals surface area contributed by atoms with Crippen LogP contribution in [0.4, 0.5) is 4.39 Å². The molecular formula is C15H16FN3O. The number of rotatable bonds is 4. The van der Waals surface area contributed by atoms with E-state index in [1.54, 1.807) is 22.9 Å². The molecular weight excluding hydrogens is 257 g/mol. The van der Waals surface area contributed by atoms with Crippen LogP contribution in [0.15, 0.2) is 36.5 Å². The van der Waals surface area contributed by atoms with Crippen molar-refractivity contribution in [1.29, 1.82) is 0 Å². The third kappa shape index (κ3) is 3.78. The minimum absolute atomic E-state index is 0.197. The summed E-state index contributed by atoms with van der Waals surface area (Å²) in [6.07, 6.45) is 4.95. The first kappa shape index (κ1) is 14.0. The van der Waals surface area contributed by atoms with Gasteiger partial charge in [-0.25, -0.2) is 4.39 Å². The molecule has 0 saturated heterocycles. The predicted octanol–water partition coefficient (Wildman–Crippen LogP) is 2.20. The number of hydrogen-bond acceptors (Lipinski definition) is 2. The first-order valence-corrected chi connectivity index (χ1v) is 6.25. The van der Waals surface area contributed by atoms with Crippen LogP contribution in [-0.4, -0.2) is 15.7 Å². The Morgan fingerprint density at radius 2 is 2.10 bits per heavy atom. The molecule has 2 aromatic rings. The molecule has 104 valence electrons. The second kappa shape index (κ2) is 6.14. The van der Waals surface area contributed by atoms with Crippen LogP contribution in [-0.2, 0) is 18.4 Å². The smallest absolute Gasteiger partial charge is 0.244 e. The lowest BCUT2D eigenvalue weighted by atomic mass is 10.2. The molecule has 1 heterocycles. The molecule has 1 amide bonds. The number of amides is 1. The Morgan fingerprint density at radius 1 is 1.40 bits per heavy atom. The van der Waals surface area contributed by atoms with E-state index in [1.807, 2.05) is 20.2 Å². The molecule has 0 radical (unpaired) electrons. The molecule has 0 atom stereocenters. The summed E-state index contributed by atoms with van der Waals surface area (Å²) >= 11 is 0. The van der Waals surface area contributed by atoms with E-state index >= 15 is 0 Å². The Kier molecular flexibility index (Phi) is 4.30. The number of carbonyl (C=O) groups is 1. The Morgan fingerprint density at radius 3 is 2.70 bits per heavy atom. The highest BCUT2D eigenvalue weighted by Gasteiger charge is 2.03. The third-order valence-corrected chi connectivity index (χ3v) is 2.87. The van der Waals surface area contributed by atoms with Crippen molar-refractivity contribution in [3.63, 3.8) is 0 Å². The summed E-state index contributed by atoms with van der Waals surface area (Å²) in [4.78, 5) is 11.7. The summed E-state index contributed by atoms with van der Waals surface area (Å²) in [5, 5.41) is 6.98. The highest BCUT2D eigenvalue weighted by atomic mass is 19.1. The minimum atomic E-state index is -0.293. The van der Waals surface area contributed by atoms with E-state index in [9.17, 15) is 9.18 Å². The largest absolute Gasteiger partial charge is 0.348 e. The molecule has 20 heavy (non-hydrogen) atoms. The van der Waals surface area contributed by atoms with E-state index in [-0.39, 0.29) is 11.7 Å². The van der Waals surface area contributed by atoms with Gasteiger partial charge in [-0.1, -0.05) is 12.1 Å². The zero-order valence-electron chi connectivity index (χ0n) is 11.4. The van der Waals surface area contributed by atoms with Crippen molar-refractivity contribution in [2.24, 2.45) is 7.05 Å². The maximum atomic E-state index is 12.7. The predicted molar refractivity (Wildman–Crippen MR) is 75.2 cm³/mol. The summed E-state index contributed by atoms with van der Waals surface area (Å²) in [6, 6.07) is 5.95. The molecule has 1 N–H and O–H groups in total. The van der Waals surface area contributed by atoms with Crippen molar-refractivity contribution >= 4 is 12.0 Å². The molecule has 2 rings (SSSR count). The lowest BCUT2D eigenvalue weighted by Gasteiger charge is -2.00. The molecule has 0 aliphatic rings. The van der Waals surface area contributed by atoms with Gasteiger partial charge >= 0.3 is 0 Å². The fourth-order valence-corrected chi connectivity index (χ4v) is 1.81. The number of hydrogen-bond donors (Lipinski definition) is 1. The monoisotopic (exact) mass is 273 g/mol. The summed E-state index contributed by atoms with van der Waals surface area (Å²) in [5.41, 5.74) is 2.66. The number of nitrogens with one attached hydrogen (secondary N) is 1. The van der Waals surface area contributed by atoms with Gasteiger partial charge < -0.3 is 5.32 Å². The van der Waals surface area contributed by atoms with Gasteiger partial charge in [-0.2, -0.15) is 5.10 Å².